The highest BCUT2D eigenvalue weighted by Crippen LogP contribution is 2.41. The summed E-state index contributed by atoms with van der Waals surface area (Å²) in [6.45, 7) is 2.85. The summed E-state index contributed by atoms with van der Waals surface area (Å²) in [5.74, 6) is -0.737. The fourth-order valence-corrected chi connectivity index (χ4v) is 5.28. The lowest BCUT2D eigenvalue weighted by Crippen LogP contribution is -2.43. The third-order valence-electron chi connectivity index (χ3n) is 7.15. The molecule has 3 N–H and O–H groups in total. The van der Waals surface area contributed by atoms with Crippen LogP contribution in [0.2, 0.25) is 0 Å². The van der Waals surface area contributed by atoms with Crippen LogP contribution in [0.5, 0.6) is 0 Å². The molecule has 1 fully saturated rings. The number of amides is 2. The molecule has 0 bridgehead atoms. The van der Waals surface area contributed by atoms with Gasteiger partial charge in [0.2, 0.25) is 0 Å². The minimum Gasteiger partial charge on any atom is -0.478 e. The van der Waals surface area contributed by atoms with Crippen molar-refractivity contribution in [2.75, 3.05) is 18.4 Å². The number of piperidine rings is 1. The largest absolute Gasteiger partial charge is 0.478 e. The highest BCUT2D eigenvalue weighted by molar-refractivity contribution is 5.92. The number of likely N-dealkylation sites (tertiary alicyclic amines) is 1. The van der Waals surface area contributed by atoms with E-state index in [2.05, 4.69) is 27.0 Å². The van der Waals surface area contributed by atoms with Gasteiger partial charge in [0.25, 0.3) is 0 Å². The number of hydrogen-bond donors (Lipinski definition) is 3. The number of urea groups is 1. The summed E-state index contributed by atoms with van der Waals surface area (Å²) >= 11 is 0. The Labute approximate surface area is 197 Å². The van der Waals surface area contributed by atoms with Crippen LogP contribution in [0.4, 0.5) is 10.5 Å². The number of aromatic nitrogens is 2. The van der Waals surface area contributed by atoms with Crippen LogP contribution in [-0.2, 0) is 0 Å². The number of para-hydroxylation sites is 1. The Kier molecular flexibility index (Phi) is 5.83. The molecule has 2 aliphatic rings. The molecule has 2 aliphatic heterocycles. The number of carbonyl (C=O) groups is 2. The van der Waals surface area contributed by atoms with E-state index < -0.39 is 12.1 Å². The first kappa shape index (κ1) is 22.2. The number of aryl methyl sites for hydroxylation is 1. The van der Waals surface area contributed by atoms with Crippen LogP contribution in [-0.4, -0.2) is 55.9 Å². The standard InChI is InChI=1S/C26H28N4O4/c1-16-12-18(6-7-19(16)25(32)33)28-26(34)29-10-8-17(9-11-29)24(31)13-21-20-4-2-3-5-22(20)30-15-27-14-23(21)30/h2-7,12,14-15,17,21,24,31H,8-11,13H2,1H3,(H,28,34)(H,32,33). The summed E-state index contributed by atoms with van der Waals surface area (Å²) in [6.07, 6.45) is 5.35. The highest BCUT2D eigenvalue weighted by Gasteiger charge is 2.34. The molecule has 34 heavy (non-hydrogen) atoms. The number of aliphatic hydroxyl groups excluding tert-OH is 1. The second-order valence-electron chi connectivity index (χ2n) is 9.19. The van der Waals surface area contributed by atoms with Crippen molar-refractivity contribution >= 4 is 17.7 Å². The summed E-state index contributed by atoms with van der Waals surface area (Å²) in [5, 5.41) is 23.1. The van der Waals surface area contributed by atoms with Gasteiger partial charge in [-0.1, -0.05) is 18.2 Å². The summed E-state index contributed by atoms with van der Waals surface area (Å²) in [6, 6.07) is 12.8. The van der Waals surface area contributed by atoms with E-state index >= 15 is 0 Å². The zero-order valence-electron chi connectivity index (χ0n) is 19.0. The number of carboxylic acids is 1. The Hall–Kier alpha value is -3.65. The first-order valence-electron chi connectivity index (χ1n) is 11.6. The molecule has 8 nitrogen and oxygen atoms in total. The van der Waals surface area contributed by atoms with Crippen LogP contribution in [0.25, 0.3) is 5.69 Å². The quantitative estimate of drug-likeness (QED) is 0.533. The van der Waals surface area contributed by atoms with Crippen molar-refractivity contribution in [2.45, 2.75) is 38.2 Å². The first-order valence-corrected chi connectivity index (χ1v) is 11.6. The minimum absolute atomic E-state index is 0.118. The molecule has 176 valence electrons. The third kappa shape index (κ3) is 4.05. The molecule has 0 saturated carbocycles. The fraction of sp³-hybridized carbons (Fsp3) is 0.346. The molecule has 2 amide bonds. The monoisotopic (exact) mass is 460 g/mol. The Balaban J connectivity index is 1.18. The van der Waals surface area contributed by atoms with Gasteiger partial charge >= 0.3 is 12.0 Å². The van der Waals surface area contributed by atoms with Crippen molar-refractivity contribution in [3.63, 3.8) is 0 Å². The number of carbonyl (C=O) groups excluding carboxylic acids is 1. The van der Waals surface area contributed by atoms with Crippen molar-refractivity contribution in [3.05, 3.63) is 77.4 Å². The maximum Gasteiger partial charge on any atom is 0.335 e. The van der Waals surface area contributed by atoms with Crippen molar-refractivity contribution in [2.24, 2.45) is 5.92 Å². The van der Waals surface area contributed by atoms with E-state index in [9.17, 15) is 14.7 Å². The molecule has 3 aromatic rings. The van der Waals surface area contributed by atoms with Gasteiger partial charge in [0.15, 0.2) is 0 Å². The smallest absolute Gasteiger partial charge is 0.335 e. The van der Waals surface area contributed by atoms with E-state index in [0.29, 0.717) is 30.8 Å². The lowest BCUT2D eigenvalue weighted by Gasteiger charge is -2.35. The van der Waals surface area contributed by atoms with Gasteiger partial charge in [-0.2, -0.15) is 0 Å². The van der Waals surface area contributed by atoms with Gasteiger partial charge in [0, 0.05) is 30.9 Å². The Bertz CT molecular complexity index is 1230. The van der Waals surface area contributed by atoms with Crippen LogP contribution in [0.3, 0.4) is 0 Å². The molecule has 5 rings (SSSR count). The fourth-order valence-electron chi connectivity index (χ4n) is 5.28. The predicted octanol–water partition coefficient (Wildman–Crippen LogP) is 4.02. The van der Waals surface area contributed by atoms with Gasteiger partial charge < -0.3 is 25.0 Å². The highest BCUT2D eigenvalue weighted by atomic mass is 16.4. The number of nitrogens with one attached hydrogen (secondary N) is 1. The number of fused-ring (bicyclic) bond motifs is 3. The van der Waals surface area contributed by atoms with Crippen LogP contribution in [0, 0.1) is 12.8 Å². The molecule has 0 radical (unpaired) electrons. The van der Waals surface area contributed by atoms with Crippen molar-refractivity contribution in [1.29, 1.82) is 0 Å². The molecular formula is C26H28N4O4. The number of nitrogens with zero attached hydrogens (tertiary/aromatic N) is 3. The van der Waals surface area contributed by atoms with Gasteiger partial charge in [-0.05, 0) is 67.5 Å². The Morgan fingerprint density at radius 3 is 2.68 bits per heavy atom. The minimum atomic E-state index is -0.985. The van der Waals surface area contributed by atoms with E-state index in [-0.39, 0.29) is 23.4 Å². The molecule has 0 aliphatic carbocycles. The number of aromatic carboxylic acids is 1. The van der Waals surface area contributed by atoms with Crippen molar-refractivity contribution in [3.8, 4) is 5.69 Å². The van der Waals surface area contributed by atoms with Gasteiger partial charge in [0.05, 0.1) is 29.4 Å². The van der Waals surface area contributed by atoms with Crippen LogP contribution in [0.1, 0.15) is 52.4 Å². The average molecular weight is 461 g/mol. The van der Waals surface area contributed by atoms with Crippen molar-refractivity contribution in [1.82, 2.24) is 14.5 Å². The predicted molar refractivity (Wildman–Crippen MR) is 127 cm³/mol. The zero-order chi connectivity index (χ0) is 23.8. The molecule has 8 heteroatoms. The summed E-state index contributed by atoms with van der Waals surface area (Å²) in [4.78, 5) is 30.0. The molecular weight excluding hydrogens is 432 g/mol. The van der Waals surface area contributed by atoms with E-state index in [1.54, 1.807) is 24.0 Å². The van der Waals surface area contributed by atoms with Gasteiger partial charge in [-0.15, -0.1) is 0 Å². The van der Waals surface area contributed by atoms with Gasteiger partial charge in [-0.3, -0.25) is 0 Å². The molecule has 1 aromatic heterocycles. The maximum atomic E-state index is 12.7. The van der Waals surface area contributed by atoms with Gasteiger partial charge in [-0.25, -0.2) is 14.6 Å². The topological polar surface area (TPSA) is 108 Å². The zero-order valence-corrected chi connectivity index (χ0v) is 19.0. The summed E-state index contributed by atoms with van der Waals surface area (Å²) in [7, 11) is 0. The lowest BCUT2D eigenvalue weighted by molar-refractivity contribution is 0.0595. The second kappa shape index (κ2) is 8.95. The lowest BCUT2D eigenvalue weighted by atomic mass is 9.83. The summed E-state index contributed by atoms with van der Waals surface area (Å²) < 4.78 is 2.10. The molecule has 0 spiro atoms. The molecule has 3 heterocycles. The number of benzene rings is 2. The first-order chi connectivity index (χ1) is 16.4. The number of anilines is 1. The average Bonchev–Trinajstić information content (AvgIpc) is 3.41. The third-order valence-corrected chi connectivity index (χ3v) is 7.15. The Morgan fingerprint density at radius 2 is 1.94 bits per heavy atom. The van der Waals surface area contributed by atoms with E-state index in [4.69, 9.17) is 5.11 Å². The number of carboxylic acid groups (broad SMARTS) is 1. The van der Waals surface area contributed by atoms with Gasteiger partial charge in [0.1, 0.15) is 0 Å². The number of hydrogen-bond acceptors (Lipinski definition) is 4. The normalized spacial score (nSPS) is 18.3. The van der Waals surface area contributed by atoms with E-state index in [1.807, 2.05) is 24.7 Å². The molecule has 1 saturated heterocycles. The van der Waals surface area contributed by atoms with Crippen molar-refractivity contribution < 1.29 is 19.8 Å². The number of imidazole rings is 1. The van der Waals surface area contributed by atoms with E-state index in [0.717, 1.165) is 24.2 Å². The number of rotatable bonds is 5. The van der Waals surface area contributed by atoms with Crippen LogP contribution < -0.4 is 5.32 Å². The molecule has 2 unspecified atom stereocenters. The van der Waals surface area contributed by atoms with Crippen LogP contribution in [0.15, 0.2) is 55.0 Å². The molecule has 2 atom stereocenters. The van der Waals surface area contributed by atoms with Crippen LogP contribution >= 0.6 is 0 Å². The molecule has 2 aromatic carbocycles. The van der Waals surface area contributed by atoms with E-state index in [1.165, 1.54) is 11.6 Å². The SMILES string of the molecule is Cc1cc(NC(=O)N2CCC(C(O)CC3c4ccccc4-n4cncc43)CC2)ccc1C(=O)O. The second-order valence-corrected chi connectivity index (χ2v) is 9.19. The summed E-state index contributed by atoms with van der Waals surface area (Å²) in [5.41, 5.74) is 4.86. The maximum absolute atomic E-state index is 12.7. The Morgan fingerprint density at radius 1 is 1.18 bits per heavy atom. The number of aliphatic hydroxyl groups is 1.